The first-order valence-corrected chi connectivity index (χ1v) is 10.5. The summed E-state index contributed by atoms with van der Waals surface area (Å²) in [6, 6.07) is 5.89. The largest absolute Gasteiger partial charge is 0.633 e. The highest BCUT2D eigenvalue weighted by Crippen LogP contribution is 2.42. The summed E-state index contributed by atoms with van der Waals surface area (Å²) >= 11 is 0. The lowest BCUT2D eigenvalue weighted by molar-refractivity contribution is -0.856. The number of anilines is 2. The lowest BCUT2D eigenvalue weighted by atomic mass is 9.81. The third kappa shape index (κ3) is 4.55. The fourth-order valence-corrected chi connectivity index (χ4v) is 3.78. The van der Waals surface area contributed by atoms with E-state index in [2.05, 4.69) is 5.32 Å². The third-order valence-electron chi connectivity index (χ3n) is 5.58. The zero-order chi connectivity index (χ0) is 23.8. The van der Waals surface area contributed by atoms with Crippen LogP contribution in [0.15, 0.2) is 24.3 Å². The number of fused-ring (bicyclic) bond motifs is 2. The molecule has 0 unspecified atom stereocenters. The Labute approximate surface area is 187 Å². The summed E-state index contributed by atoms with van der Waals surface area (Å²) in [5.41, 5.74) is 0.906. The maximum Gasteiger partial charge on any atom is 0.200 e. The fraction of sp³-hybridized carbons (Fsp3) is 0.391. The van der Waals surface area contributed by atoms with Crippen LogP contribution in [0.5, 0.6) is 11.5 Å². The van der Waals surface area contributed by atoms with E-state index in [-0.39, 0.29) is 40.3 Å². The molecule has 172 valence electrons. The molecule has 9 nitrogen and oxygen atoms in total. The van der Waals surface area contributed by atoms with E-state index in [0.717, 1.165) is 6.54 Å². The Morgan fingerprint density at radius 3 is 2.06 bits per heavy atom. The summed E-state index contributed by atoms with van der Waals surface area (Å²) in [6.45, 7) is 2.01. The molecule has 0 aromatic heterocycles. The molecule has 0 amide bonds. The Hall–Kier alpha value is -3.14. The number of hydrogen-bond acceptors (Lipinski definition) is 7. The Kier molecular flexibility index (Phi) is 6.45. The van der Waals surface area contributed by atoms with E-state index in [0.29, 0.717) is 24.5 Å². The van der Waals surface area contributed by atoms with E-state index in [1.807, 2.05) is 26.0 Å². The number of hydroxylamine groups is 3. The van der Waals surface area contributed by atoms with Crippen molar-refractivity contribution in [3.8, 4) is 11.5 Å². The van der Waals surface area contributed by atoms with Crippen LogP contribution in [-0.2, 0) is 0 Å². The number of nitrogens with one attached hydrogen (secondary N) is 2. The Morgan fingerprint density at radius 1 is 0.969 bits per heavy atom. The molecule has 0 atom stereocenters. The number of ketones is 2. The van der Waals surface area contributed by atoms with Crippen molar-refractivity contribution in [3.63, 3.8) is 0 Å². The number of carbonyl (C=O) groups is 2. The molecular weight excluding hydrogens is 412 g/mol. The maximum absolute atomic E-state index is 13.5. The van der Waals surface area contributed by atoms with Crippen LogP contribution in [0.3, 0.4) is 0 Å². The van der Waals surface area contributed by atoms with Gasteiger partial charge < -0.3 is 35.2 Å². The normalized spacial score (nSPS) is 13.2. The number of hydrogen-bond donors (Lipinski definition) is 4. The van der Waals surface area contributed by atoms with Gasteiger partial charge >= 0.3 is 0 Å². The van der Waals surface area contributed by atoms with Crippen LogP contribution in [0.1, 0.15) is 31.8 Å². The van der Waals surface area contributed by atoms with Gasteiger partial charge in [0.25, 0.3) is 0 Å². The SMILES string of the molecule is CN(CC[NH+](C)C)c1ccc(NCC[N+](C)(C)[O-])c2c1C(=O)c1c(O)ccc(O)c1C2=O. The topological polar surface area (TPSA) is 117 Å². The monoisotopic (exact) mass is 443 g/mol. The van der Waals surface area contributed by atoms with E-state index in [4.69, 9.17) is 0 Å². The van der Waals surface area contributed by atoms with Gasteiger partial charge in [0.15, 0.2) is 0 Å². The number of nitrogens with zero attached hydrogens (tertiary/aromatic N) is 2. The van der Waals surface area contributed by atoms with Crippen LogP contribution in [0.4, 0.5) is 11.4 Å². The summed E-state index contributed by atoms with van der Waals surface area (Å²) in [6.07, 6.45) is 0. The number of carbonyl (C=O) groups excluding carboxylic acids is 2. The van der Waals surface area contributed by atoms with Crippen molar-refractivity contribution < 1.29 is 29.3 Å². The second kappa shape index (κ2) is 8.78. The molecule has 3 rings (SSSR count). The molecule has 2 aromatic rings. The van der Waals surface area contributed by atoms with Gasteiger partial charge in [0.1, 0.15) is 11.5 Å². The number of aromatic hydroxyl groups is 2. The van der Waals surface area contributed by atoms with Gasteiger partial charge in [0.05, 0.1) is 76.6 Å². The zero-order valence-electron chi connectivity index (χ0n) is 19.2. The van der Waals surface area contributed by atoms with Crippen LogP contribution < -0.4 is 15.1 Å². The molecule has 0 aliphatic heterocycles. The average Bonchev–Trinajstić information content (AvgIpc) is 2.70. The van der Waals surface area contributed by atoms with E-state index in [9.17, 15) is 25.0 Å². The van der Waals surface area contributed by atoms with Gasteiger partial charge in [0, 0.05) is 18.4 Å². The van der Waals surface area contributed by atoms with E-state index < -0.39 is 16.2 Å². The predicted octanol–water partition coefficient (Wildman–Crippen LogP) is 0.440. The van der Waals surface area contributed by atoms with Gasteiger partial charge in [-0.05, 0) is 24.3 Å². The van der Waals surface area contributed by atoms with E-state index >= 15 is 0 Å². The van der Waals surface area contributed by atoms with Crippen molar-refractivity contribution in [2.45, 2.75) is 0 Å². The Morgan fingerprint density at radius 2 is 1.53 bits per heavy atom. The second-order valence-electron chi connectivity index (χ2n) is 9.00. The van der Waals surface area contributed by atoms with Crippen molar-refractivity contribution in [1.82, 2.24) is 0 Å². The predicted molar refractivity (Wildman–Crippen MR) is 123 cm³/mol. The highest BCUT2D eigenvalue weighted by molar-refractivity contribution is 6.33. The van der Waals surface area contributed by atoms with Crippen molar-refractivity contribution in [1.29, 1.82) is 0 Å². The molecule has 4 N–H and O–H groups in total. The molecule has 2 aromatic carbocycles. The van der Waals surface area contributed by atoms with Gasteiger partial charge in [-0.25, -0.2) is 0 Å². The first-order chi connectivity index (χ1) is 14.9. The zero-order valence-corrected chi connectivity index (χ0v) is 19.2. The number of phenolic OH excluding ortho intramolecular Hbond substituents is 2. The summed E-state index contributed by atoms with van der Waals surface area (Å²) in [4.78, 5) is 30.2. The lowest BCUT2D eigenvalue weighted by Gasteiger charge is -2.34. The second-order valence-corrected chi connectivity index (χ2v) is 9.00. The van der Waals surface area contributed by atoms with Crippen molar-refractivity contribution in [2.24, 2.45) is 0 Å². The number of likely N-dealkylation sites (N-methyl/N-ethyl adjacent to an activating group) is 3. The van der Waals surface area contributed by atoms with Crippen LogP contribution in [0, 0.1) is 5.21 Å². The van der Waals surface area contributed by atoms with Crippen LogP contribution in [0.2, 0.25) is 0 Å². The molecule has 0 saturated heterocycles. The molecule has 0 heterocycles. The van der Waals surface area contributed by atoms with Gasteiger partial charge in [-0.2, -0.15) is 0 Å². The minimum atomic E-state index is -0.546. The molecule has 1 aliphatic carbocycles. The molecule has 0 radical (unpaired) electrons. The standard InChI is InChI=1S/C23H30N4O5/c1-25(2)11-12-26(3)15-7-6-14(24-10-13-27(4,5)32)18-19(15)23(31)21-17(29)9-8-16(28)20(21)22(18)30/h6-9,24,28-29H,10-13H2,1-5H3/p+1. The van der Waals surface area contributed by atoms with E-state index in [1.54, 1.807) is 12.1 Å². The van der Waals surface area contributed by atoms with Crippen LogP contribution in [-0.4, -0.2) is 87.8 Å². The van der Waals surface area contributed by atoms with Crippen molar-refractivity contribution in [2.75, 3.05) is 71.6 Å². The third-order valence-corrected chi connectivity index (χ3v) is 5.58. The minimum absolute atomic E-state index is 0.140. The number of phenols is 2. The van der Waals surface area contributed by atoms with Crippen molar-refractivity contribution >= 4 is 22.9 Å². The number of rotatable bonds is 8. The summed E-state index contributed by atoms with van der Waals surface area (Å²) in [5, 5.41) is 35.7. The van der Waals surface area contributed by atoms with Crippen molar-refractivity contribution in [3.05, 3.63) is 51.7 Å². The Bertz CT molecular complexity index is 1060. The van der Waals surface area contributed by atoms with E-state index in [1.165, 1.54) is 31.1 Å². The molecule has 0 saturated carbocycles. The smallest absolute Gasteiger partial charge is 0.200 e. The molecular formula is C23H31N4O5+. The first-order valence-electron chi connectivity index (χ1n) is 10.5. The van der Waals surface area contributed by atoms with Gasteiger partial charge in [0.2, 0.25) is 11.6 Å². The van der Waals surface area contributed by atoms with Gasteiger partial charge in [-0.1, -0.05) is 0 Å². The Balaban J connectivity index is 2.15. The average molecular weight is 444 g/mol. The van der Waals surface area contributed by atoms with Crippen LogP contribution >= 0.6 is 0 Å². The summed E-state index contributed by atoms with van der Waals surface area (Å²) in [5.74, 6) is -1.78. The molecule has 0 fully saturated rings. The lowest BCUT2D eigenvalue weighted by Crippen LogP contribution is -3.06. The van der Waals surface area contributed by atoms with Gasteiger partial charge in [-0.15, -0.1) is 0 Å². The molecule has 0 spiro atoms. The number of quaternary nitrogens is 2. The molecule has 1 aliphatic rings. The summed E-state index contributed by atoms with van der Waals surface area (Å²) in [7, 11) is 8.94. The molecule has 32 heavy (non-hydrogen) atoms. The minimum Gasteiger partial charge on any atom is -0.633 e. The molecule has 0 bridgehead atoms. The quantitative estimate of drug-likeness (QED) is 0.227. The molecule has 9 heteroatoms. The highest BCUT2D eigenvalue weighted by Gasteiger charge is 2.38. The fourth-order valence-electron chi connectivity index (χ4n) is 3.78. The highest BCUT2D eigenvalue weighted by atomic mass is 16.5. The van der Waals surface area contributed by atoms with Gasteiger partial charge in [-0.3, -0.25) is 9.59 Å². The summed E-state index contributed by atoms with van der Waals surface area (Å²) < 4.78 is -0.507. The maximum atomic E-state index is 13.5. The first kappa shape index (κ1) is 23.5. The van der Waals surface area contributed by atoms with Crippen LogP contribution in [0.25, 0.3) is 0 Å². The number of benzene rings is 2.